The third kappa shape index (κ3) is 1.71. The first-order valence-corrected chi connectivity index (χ1v) is 4.70. The van der Waals surface area contributed by atoms with Gasteiger partial charge in [0.1, 0.15) is 0 Å². The highest BCUT2D eigenvalue weighted by Crippen LogP contribution is 2.32. The van der Waals surface area contributed by atoms with Gasteiger partial charge < -0.3 is 5.11 Å². The summed E-state index contributed by atoms with van der Waals surface area (Å²) in [6, 6.07) is 0. The largest absolute Gasteiger partial charge is 0.475 e. The summed E-state index contributed by atoms with van der Waals surface area (Å²) in [6.07, 6.45) is 6.12. The molecular formula is C9H11N3O2. The maximum atomic E-state index is 10.6. The van der Waals surface area contributed by atoms with Crippen LogP contribution in [0.4, 0.5) is 0 Å². The van der Waals surface area contributed by atoms with E-state index in [1.807, 2.05) is 0 Å². The second-order valence-electron chi connectivity index (χ2n) is 3.49. The van der Waals surface area contributed by atoms with Gasteiger partial charge in [-0.05, 0) is 12.8 Å². The lowest BCUT2D eigenvalue weighted by atomic mass is 10.1. The molecule has 1 N–H and O–H groups in total. The molecule has 1 heterocycles. The average molecular weight is 193 g/mol. The summed E-state index contributed by atoms with van der Waals surface area (Å²) in [5, 5.41) is 15.8. The van der Waals surface area contributed by atoms with E-state index in [2.05, 4.69) is 15.2 Å². The molecule has 0 saturated heterocycles. The first-order chi connectivity index (χ1) is 6.77. The van der Waals surface area contributed by atoms with Crippen molar-refractivity contribution in [2.45, 2.75) is 31.6 Å². The van der Waals surface area contributed by atoms with Gasteiger partial charge >= 0.3 is 5.97 Å². The predicted octanol–water partition coefficient (Wildman–Crippen LogP) is 1.23. The minimum Gasteiger partial charge on any atom is -0.475 e. The summed E-state index contributed by atoms with van der Waals surface area (Å²) in [5.41, 5.74) is 0.773. The Morgan fingerprint density at radius 3 is 2.79 bits per heavy atom. The van der Waals surface area contributed by atoms with Crippen LogP contribution in [0.3, 0.4) is 0 Å². The van der Waals surface area contributed by atoms with Crippen LogP contribution >= 0.6 is 0 Å². The molecule has 0 atom stereocenters. The minimum absolute atomic E-state index is 0.200. The summed E-state index contributed by atoms with van der Waals surface area (Å²) in [5.74, 6) is -0.935. The van der Waals surface area contributed by atoms with Crippen molar-refractivity contribution in [3.8, 4) is 0 Å². The lowest BCUT2D eigenvalue weighted by molar-refractivity contribution is 0.0681. The Kier molecular flexibility index (Phi) is 2.39. The zero-order valence-corrected chi connectivity index (χ0v) is 7.68. The van der Waals surface area contributed by atoms with Crippen molar-refractivity contribution < 1.29 is 9.90 Å². The number of rotatable bonds is 2. The fourth-order valence-corrected chi connectivity index (χ4v) is 1.83. The van der Waals surface area contributed by atoms with Gasteiger partial charge in [0.25, 0.3) is 5.82 Å². The van der Waals surface area contributed by atoms with E-state index in [-0.39, 0.29) is 5.82 Å². The normalized spacial score (nSPS) is 17.1. The molecule has 2 rings (SSSR count). The molecule has 1 aromatic heterocycles. The topological polar surface area (TPSA) is 76.0 Å². The van der Waals surface area contributed by atoms with E-state index in [0.29, 0.717) is 5.92 Å². The van der Waals surface area contributed by atoms with Crippen LogP contribution in [0.15, 0.2) is 6.20 Å². The van der Waals surface area contributed by atoms with Gasteiger partial charge in [-0.15, -0.1) is 5.10 Å². The van der Waals surface area contributed by atoms with E-state index >= 15 is 0 Å². The van der Waals surface area contributed by atoms with Crippen molar-refractivity contribution in [3.63, 3.8) is 0 Å². The van der Waals surface area contributed by atoms with Gasteiger partial charge in [-0.25, -0.2) is 9.78 Å². The van der Waals surface area contributed by atoms with Gasteiger partial charge in [0.05, 0.1) is 11.9 Å². The number of carboxylic acid groups (broad SMARTS) is 1. The van der Waals surface area contributed by atoms with Crippen LogP contribution in [-0.2, 0) is 0 Å². The molecule has 14 heavy (non-hydrogen) atoms. The Morgan fingerprint density at radius 2 is 2.14 bits per heavy atom. The predicted molar refractivity (Wildman–Crippen MR) is 48.0 cm³/mol. The second-order valence-corrected chi connectivity index (χ2v) is 3.49. The Bertz CT molecular complexity index is 348. The van der Waals surface area contributed by atoms with Crippen molar-refractivity contribution in [1.82, 2.24) is 15.2 Å². The van der Waals surface area contributed by atoms with E-state index < -0.39 is 5.97 Å². The Labute approximate surface area is 81.2 Å². The highest BCUT2D eigenvalue weighted by molar-refractivity contribution is 5.82. The van der Waals surface area contributed by atoms with Gasteiger partial charge in [-0.3, -0.25) is 0 Å². The molecule has 5 heteroatoms. The zero-order valence-electron chi connectivity index (χ0n) is 7.68. The van der Waals surface area contributed by atoms with Crippen LogP contribution in [-0.4, -0.2) is 26.3 Å². The highest BCUT2D eigenvalue weighted by atomic mass is 16.4. The van der Waals surface area contributed by atoms with E-state index in [9.17, 15) is 4.79 Å². The summed E-state index contributed by atoms with van der Waals surface area (Å²) in [6.45, 7) is 0. The quantitative estimate of drug-likeness (QED) is 0.764. The van der Waals surface area contributed by atoms with E-state index in [1.165, 1.54) is 12.8 Å². The van der Waals surface area contributed by atoms with Gasteiger partial charge in [-0.2, -0.15) is 5.10 Å². The maximum absolute atomic E-state index is 10.6. The standard InChI is InChI=1S/C9H11N3O2/c13-9(14)8-11-7(5-10-12-8)6-3-1-2-4-6/h5-6H,1-4H2,(H,13,14). The van der Waals surface area contributed by atoms with E-state index in [1.54, 1.807) is 6.20 Å². The van der Waals surface area contributed by atoms with Crippen molar-refractivity contribution in [1.29, 1.82) is 0 Å². The average Bonchev–Trinajstić information content (AvgIpc) is 2.71. The molecule has 0 aromatic carbocycles. The summed E-state index contributed by atoms with van der Waals surface area (Å²) >= 11 is 0. The van der Waals surface area contributed by atoms with Crippen LogP contribution < -0.4 is 0 Å². The third-order valence-electron chi connectivity index (χ3n) is 2.54. The number of carbonyl (C=O) groups is 1. The van der Waals surface area contributed by atoms with Gasteiger partial charge in [0.2, 0.25) is 0 Å². The molecule has 1 fully saturated rings. The summed E-state index contributed by atoms with van der Waals surface area (Å²) < 4.78 is 0. The molecule has 0 radical (unpaired) electrons. The molecule has 1 aliphatic rings. The molecule has 1 aliphatic carbocycles. The summed E-state index contributed by atoms with van der Waals surface area (Å²) in [7, 11) is 0. The Hall–Kier alpha value is -1.52. The molecular weight excluding hydrogens is 182 g/mol. The number of carboxylic acids is 1. The second kappa shape index (κ2) is 3.69. The molecule has 5 nitrogen and oxygen atoms in total. The number of nitrogens with zero attached hydrogens (tertiary/aromatic N) is 3. The van der Waals surface area contributed by atoms with Crippen molar-refractivity contribution in [3.05, 3.63) is 17.7 Å². The molecule has 0 aliphatic heterocycles. The Balaban J connectivity index is 2.25. The van der Waals surface area contributed by atoms with Crippen LogP contribution in [0.25, 0.3) is 0 Å². The SMILES string of the molecule is O=C(O)c1nncc(C2CCCC2)n1. The molecule has 0 unspecified atom stereocenters. The Morgan fingerprint density at radius 1 is 1.43 bits per heavy atom. The molecule has 1 saturated carbocycles. The van der Waals surface area contributed by atoms with E-state index in [4.69, 9.17) is 5.11 Å². The van der Waals surface area contributed by atoms with Crippen molar-refractivity contribution in [2.24, 2.45) is 0 Å². The number of hydrogen-bond donors (Lipinski definition) is 1. The molecule has 0 bridgehead atoms. The zero-order chi connectivity index (χ0) is 9.97. The van der Waals surface area contributed by atoms with Gasteiger partial charge in [0, 0.05) is 5.92 Å². The summed E-state index contributed by atoms with van der Waals surface area (Å²) in [4.78, 5) is 14.6. The molecule has 0 spiro atoms. The first kappa shape index (κ1) is 9.05. The number of hydrogen-bond acceptors (Lipinski definition) is 4. The van der Waals surface area contributed by atoms with Crippen LogP contribution in [0.5, 0.6) is 0 Å². The van der Waals surface area contributed by atoms with Gasteiger partial charge in [0.15, 0.2) is 0 Å². The molecule has 0 amide bonds. The minimum atomic E-state index is -1.11. The highest BCUT2D eigenvalue weighted by Gasteiger charge is 2.20. The van der Waals surface area contributed by atoms with Crippen LogP contribution in [0.1, 0.15) is 47.9 Å². The number of aromatic nitrogens is 3. The molecule has 1 aromatic rings. The van der Waals surface area contributed by atoms with Crippen molar-refractivity contribution >= 4 is 5.97 Å². The molecule has 74 valence electrons. The van der Waals surface area contributed by atoms with Gasteiger partial charge in [-0.1, -0.05) is 12.8 Å². The first-order valence-electron chi connectivity index (χ1n) is 4.70. The fraction of sp³-hybridized carbons (Fsp3) is 0.556. The lowest BCUT2D eigenvalue weighted by Crippen LogP contribution is -2.09. The smallest absolute Gasteiger partial charge is 0.375 e. The monoisotopic (exact) mass is 193 g/mol. The van der Waals surface area contributed by atoms with E-state index in [0.717, 1.165) is 18.5 Å². The fourth-order valence-electron chi connectivity index (χ4n) is 1.83. The number of aromatic carboxylic acids is 1. The third-order valence-corrected chi connectivity index (χ3v) is 2.54. The van der Waals surface area contributed by atoms with Crippen molar-refractivity contribution in [2.75, 3.05) is 0 Å². The van der Waals surface area contributed by atoms with Crippen LogP contribution in [0.2, 0.25) is 0 Å². The van der Waals surface area contributed by atoms with Crippen LogP contribution in [0, 0.1) is 0 Å². The lowest BCUT2D eigenvalue weighted by Gasteiger charge is -2.06. The maximum Gasteiger partial charge on any atom is 0.375 e.